The third-order valence-electron chi connectivity index (χ3n) is 5.54. The topological polar surface area (TPSA) is 93.7 Å². The summed E-state index contributed by atoms with van der Waals surface area (Å²) in [6.07, 6.45) is 4.35. The molecule has 2 heterocycles. The highest BCUT2D eigenvalue weighted by atomic mass is 32.1. The molecule has 1 atom stereocenters. The van der Waals surface area contributed by atoms with Crippen LogP contribution >= 0.6 is 11.3 Å². The van der Waals surface area contributed by atoms with E-state index in [0.29, 0.717) is 23.6 Å². The van der Waals surface area contributed by atoms with E-state index in [-0.39, 0.29) is 18.1 Å². The molecule has 2 aromatic heterocycles. The van der Waals surface area contributed by atoms with Crippen molar-refractivity contribution >= 4 is 23.2 Å². The Hall–Kier alpha value is -4.24. The summed E-state index contributed by atoms with van der Waals surface area (Å²) in [7, 11) is 3.07. The summed E-state index contributed by atoms with van der Waals surface area (Å²) in [6.45, 7) is 0.528. The second-order valence-electron chi connectivity index (χ2n) is 7.82. The fourth-order valence-corrected chi connectivity index (χ4v) is 4.49. The van der Waals surface area contributed by atoms with E-state index in [0.717, 1.165) is 10.4 Å². The van der Waals surface area contributed by atoms with Crippen molar-refractivity contribution in [1.82, 2.24) is 20.2 Å². The number of carbonyl (C=O) groups excluding carboxylic acids is 2. The van der Waals surface area contributed by atoms with Gasteiger partial charge in [0.2, 0.25) is 5.91 Å². The predicted octanol–water partition coefficient (Wildman–Crippen LogP) is 4.26. The molecule has 36 heavy (non-hydrogen) atoms. The molecule has 4 rings (SSSR count). The second-order valence-corrected chi connectivity index (χ2v) is 8.86. The fraction of sp³-hybridized carbons (Fsp3) is 0.185. The van der Waals surface area contributed by atoms with Gasteiger partial charge in [0.25, 0.3) is 5.91 Å². The molecule has 0 saturated carbocycles. The number of amides is 2. The Morgan fingerprint density at radius 1 is 1.00 bits per heavy atom. The highest BCUT2D eigenvalue weighted by Crippen LogP contribution is 2.34. The van der Waals surface area contributed by atoms with Crippen LogP contribution in [0.2, 0.25) is 0 Å². The van der Waals surface area contributed by atoms with E-state index >= 15 is 0 Å². The zero-order chi connectivity index (χ0) is 25.3. The van der Waals surface area contributed by atoms with Gasteiger partial charge in [-0.05, 0) is 34.7 Å². The van der Waals surface area contributed by atoms with Crippen molar-refractivity contribution < 1.29 is 19.1 Å². The van der Waals surface area contributed by atoms with E-state index in [1.165, 1.54) is 41.9 Å². The lowest BCUT2D eigenvalue weighted by Crippen LogP contribution is -2.43. The van der Waals surface area contributed by atoms with Gasteiger partial charge in [0.1, 0.15) is 11.7 Å². The monoisotopic (exact) mass is 502 g/mol. The Morgan fingerprint density at radius 3 is 2.47 bits per heavy atom. The predicted molar refractivity (Wildman–Crippen MR) is 137 cm³/mol. The van der Waals surface area contributed by atoms with E-state index in [4.69, 9.17) is 9.47 Å². The number of nitrogens with one attached hydrogen (secondary N) is 1. The van der Waals surface area contributed by atoms with E-state index in [1.807, 2.05) is 47.8 Å². The zero-order valence-electron chi connectivity index (χ0n) is 20.0. The van der Waals surface area contributed by atoms with Crippen LogP contribution in [-0.2, 0) is 17.9 Å². The molecule has 1 unspecified atom stereocenters. The molecule has 9 heteroatoms. The number of nitrogens with zero attached hydrogens (tertiary/aromatic N) is 3. The van der Waals surface area contributed by atoms with Crippen LogP contribution in [-0.4, -0.2) is 40.9 Å². The largest absolute Gasteiger partial charge is 0.493 e. The van der Waals surface area contributed by atoms with Crippen LogP contribution in [0.25, 0.3) is 0 Å². The molecule has 0 aliphatic rings. The van der Waals surface area contributed by atoms with Crippen LogP contribution in [0, 0.1) is 0 Å². The van der Waals surface area contributed by atoms with Gasteiger partial charge < -0.3 is 19.7 Å². The van der Waals surface area contributed by atoms with Crippen LogP contribution in [0.1, 0.15) is 32.5 Å². The summed E-state index contributed by atoms with van der Waals surface area (Å²) in [5.74, 6) is 0.236. The summed E-state index contributed by atoms with van der Waals surface area (Å²) >= 11 is 1.51. The van der Waals surface area contributed by atoms with Gasteiger partial charge in [-0.15, -0.1) is 11.3 Å². The van der Waals surface area contributed by atoms with Crippen LogP contribution in [0.3, 0.4) is 0 Å². The van der Waals surface area contributed by atoms with Crippen molar-refractivity contribution in [2.24, 2.45) is 0 Å². The van der Waals surface area contributed by atoms with Gasteiger partial charge in [-0.3, -0.25) is 14.6 Å². The lowest BCUT2D eigenvalue weighted by atomic mass is 10.0. The third kappa shape index (κ3) is 5.87. The Kier molecular flexibility index (Phi) is 8.25. The van der Waals surface area contributed by atoms with Gasteiger partial charge in [0, 0.05) is 23.8 Å². The first kappa shape index (κ1) is 24.9. The smallest absolute Gasteiger partial charge is 0.275 e. The first-order valence-corrected chi connectivity index (χ1v) is 12.1. The van der Waals surface area contributed by atoms with Gasteiger partial charge in [-0.1, -0.05) is 42.5 Å². The Labute approximate surface area is 213 Å². The van der Waals surface area contributed by atoms with Crippen LogP contribution in [0.5, 0.6) is 11.5 Å². The van der Waals surface area contributed by atoms with Crippen molar-refractivity contribution in [1.29, 1.82) is 0 Å². The fourth-order valence-electron chi connectivity index (χ4n) is 3.78. The molecule has 0 aliphatic carbocycles. The molecule has 184 valence electrons. The molecule has 0 spiro atoms. The van der Waals surface area contributed by atoms with Gasteiger partial charge in [0.15, 0.2) is 11.5 Å². The molecule has 2 amide bonds. The van der Waals surface area contributed by atoms with E-state index < -0.39 is 11.9 Å². The first-order valence-electron chi connectivity index (χ1n) is 11.2. The van der Waals surface area contributed by atoms with E-state index in [1.54, 1.807) is 25.3 Å². The minimum atomic E-state index is -0.967. The molecule has 1 N–H and O–H groups in total. The molecule has 2 aromatic carbocycles. The summed E-state index contributed by atoms with van der Waals surface area (Å²) < 4.78 is 10.9. The van der Waals surface area contributed by atoms with Crippen molar-refractivity contribution in [3.63, 3.8) is 0 Å². The number of hydrogen-bond acceptors (Lipinski definition) is 7. The molecule has 0 aliphatic heterocycles. The summed E-state index contributed by atoms with van der Waals surface area (Å²) in [4.78, 5) is 38.2. The number of aromatic nitrogens is 2. The molecular weight excluding hydrogens is 476 g/mol. The number of carbonyl (C=O) groups is 2. The highest BCUT2D eigenvalue weighted by molar-refractivity contribution is 7.09. The van der Waals surface area contributed by atoms with Crippen LogP contribution < -0.4 is 14.8 Å². The second kappa shape index (κ2) is 11.9. The van der Waals surface area contributed by atoms with Crippen molar-refractivity contribution in [3.05, 3.63) is 106 Å². The highest BCUT2D eigenvalue weighted by Gasteiger charge is 2.33. The van der Waals surface area contributed by atoms with Gasteiger partial charge in [0.05, 0.1) is 27.0 Å². The standard InChI is InChI=1S/C27H26N4O4S/c1-34-23-11-10-20(15-24(23)35-2)25(26(32)30-16-19-7-4-3-5-8-19)31(18-21-9-6-14-36-21)27(33)22-17-28-12-13-29-22/h3-15,17,25H,16,18H2,1-2H3,(H,30,32). The molecular formula is C27H26N4O4S. The minimum absolute atomic E-state index is 0.149. The average Bonchev–Trinajstić information content (AvgIpc) is 3.45. The van der Waals surface area contributed by atoms with Crippen molar-refractivity contribution in [2.75, 3.05) is 14.2 Å². The quantitative estimate of drug-likeness (QED) is 0.348. The van der Waals surface area contributed by atoms with Gasteiger partial charge >= 0.3 is 0 Å². The summed E-state index contributed by atoms with van der Waals surface area (Å²) in [5.41, 5.74) is 1.67. The minimum Gasteiger partial charge on any atom is -0.493 e. The van der Waals surface area contributed by atoms with Crippen LogP contribution in [0.15, 0.2) is 84.6 Å². The first-order chi connectivity index (χ1) is 17.6. The maximum absolute atomic E-state index is 13.8. The van der Waals surface area contributed by atoms with E-state index in [2.05, 4.69) is 15.3 Å². The molecule has 4 aromatic rings. The maximum atomic E-state index is 13.8. The Bertz CT molecular complexity index is 1280. The summed E-state index contributed by atoms with van der Waals surface area (Å²) in [6, 6.07) is 17.7. The SMILES string of the molecule is COc1ccc(C(C(=O)NCc2ccccc2)N(Cc2cccs2)C(=O)c2cnccn2)cc1OC. The van der Waals surface area contributed by atoms with E-state index in [9.17, 15) is 9.59 Å². The van der Waals surface area contributed by atoms with Crippen molar-refractivity contribution in [3.8, 4) is 11.5 Å². The number of ether oxygens (including phenoxy) is 2. The van der Waals surface area contributed by atoms with Crippen LogP contribution in [0.4, 0.5) is 0 Å². The lowest BCUT2D eigenvalue weighted by Gasteiger charge is -2.31. The number of benzene rings is 2. The van der Waals surface area contributed by atoms with Gasteiger partial charge in [-0.2, -0.15) is 0 Å². The number of rotatable bonds is 10. The summed E-state index contributed by atoms with van der Waals surface area (Å²) in [5, 5.41) is 4.92. The Morgan fingerprint density at radius 2 is 1.81 bits per heavy atom. The molecule has 0 saturated heterocycles. The van der Waals surface area contributed by atoms with Crippen molar-refractivity contribution in [2.45, 2.75) is 19.1 Å². The lowest BCUT2D eigenvalue weighted by molar-refractivity contribution is -0.126. The Balaban J connectivity index is 1.76. The van der Waals surface area contributed by atoms with Gasteiger partial charge in [-0.25, -0.2) is 4.98 Å². The number of thiophene rings is 1. The average molecular weight is 503 g/mol. The molecule has 0 radical (unpaired) electrons. The zero-order valence-corrected chi connectivity index (χ0v) is 20.8. The molecule has 8 nitrogen and oxygen atoms in total. The number of methoxy groups -OCH3 is 2. The molecule has 0 fully saturated rings. The normalized spacial score (nSPS) is 11.4. The molecule has 0 bridgehead atoms. The maximum Gasteiger partial charge on any atom is 0.275 e. The number of hydrogen-bond donors (Lipinski definition) is 1. The third-order valence-corrected chi connectivity index (χ3v) is 6.40.